The van der Waals surface area contributed by atoms with E-state index in [1.54, 1.807) is 20.0 Å². The molecule has 0 spiro atoms. The van der Waals surface area contributed by atoms with Gasteiger partial charge < -0.3 is 14.4 Å². The van der Waals surface area contributed by atoms with Crippen LogP contribution in [0.15, 0.2) is 12.4 Å². The lowest BCUT2D eigenvalue weighted by Gasteiger charge is -2.32. The van der Waals surface area contributed by atoms with Gasteiger partial charge in [0, 0.05) is 24.4 Å². The molecule has 0 unspecified atom stereocenters. The average Bonchev–Trinajstić information content (AvgIpc) is 2.79. The predicted molar refractivity (Wildman–Crippen MR) is 78.9 cm³/mol. The Morgan fingerprint density at radius 1 is 1.25 bits per heavy atom. The highest BCUT2D eigenvalue weighted by atomic mass is 16.7. The molecule has 0 bridgehead atoms. The minimum Gasteiger partial charge on any atom is -0.399 e. The number of hydrogen-bond donors (Lipinski definition) is 1. The van der Waals surface area contributed by atoms with Gasteiger partial charge in [0.2, 0.25) is 0 Å². The molecule has 0 saturated carbocycles. The monoisotopic (exact) mass is 280 g/mol. The highest BCUT2D eigenvalue weighted by molar-refractivity contribution is 6.61. The Morgan fingerprint density at radius 2 is 1.80 bits per heavy atom. The molecule has 0 amide bonds. The van der Waals surface area contributed by atoms with E-state index in [2.05, 4.69) is 5.10 Å². The zero-order valence-corrected chi connectivity index (χ0v) is 13.3. The molecule has 2 rings (SSSR count). The first-order chi connectivity index (χ1) is 9.00. The standard InChI is InChI=1S/C14H25BN2O3/c1-12(2,18)7-8-17-10-11(9-16-17)15-19-13(3,4)14(5,6)20-15/h9-10,18H,7-8H2,1-6H3. The van der Waals surface area contributed by atoms with Crippen molar-refractivity contribution < 1.29 is 14.4 Å². The fraction of sp³-hybridized carbons (Fsp3) is 0.786. The van der Waals surface area contributed by atoms with Crippen LogP contribution >= 0.6 is 0 Å². The molecule has 0 atom stereocenters. The van der Waals surface area contributed by atoms with Crippen molar-refractivity contribution in [3.63, 3.8) is 0 Å². The number of aryl methyl sites for hydroxylation is 1. The third kappa shape index (κ3) is 3.24. The Bertz CT molecular complexity index is 461. The van der Waals surface area contributed by atoms with E-state index in [1.807, 2.05) is 38.6 Å². The van der Waals surface area contributed by atoms with Gasteiger partial charge in [-0.25, -0.2) is 0 Å². The average molecular weight is 280 g/mol. The van der Waals surface area contributed by atoms with Gasteiger partial charge in [0.05, 0.1) is 16.8 Å². The van der Waals surface area contributed by atoms with Gasteiger partial charge in [0.15, 0.2) is 0 Å². The van der Waals surface area contributed by atoms with E-state index in [4.69, 9.17) is 9.31 Å². The summed E-state index contributed by atoms with van der Waals surface area (Å²) in [5.74, 6) is 0. The SMILES string of the molecule is CC(C)(O)CCn1cc(B2OC(C)(C)C(C)(C)O2)cn1. The Kier molecular flexibility index (Phi) is 3.78. The summed E-state index contributed by atoms with van der Waals surface area (Å²) in [7, 11) is -0.379. The minimum absolute atomic E-state index is 0.340. The van der Waals surface area contributed by atoms with Crippen LogP contribution in [0.1, 0.15) is 48.0 Å². The minimum atomic E-state index is -0.684. The van der Waals surface area contributed by atoms with Crippen molar-refractivity contribution in [1.82, 2.24) is 9.78 Å². The van der Waals surface area contributed by atoms with Crippen LogP contribution in [0.5, 0.6) is 0 Å². The van der Waals surface area contributed by atoms with Gasteiger partial charge in [0.1, 0.15) is 0 Å². The molecular weight excluding hydrogens is 255 g/mol. The molecule has 6 heteroatoms. The molecule has 1 aliphatic heterocycles. The van der Waals surface area contributed by atoms with Gasteiger partial charge in [-0.3, -0.25) is 4.68 Å². The highest BCUT2D eigenvalue weighted by Gasteiger charge is 2.52. The summed E-state index contributed by atoms with van der Waals surface area (Å²) in [6, 6.07) is 0. The summed E-state index contributed by atoms with van der Waals surface area (Å²) >= 11 is 0. The van der Waals surface area contributed by atoms with Crippen LogP contribution in [0.4, 0.5) is 0 Å². The Balaban J connectivity index is 2.04. The van der Waals surface area contributed by atoms with Gasteiger partial charge in [-0.05, 0) is 48.0 Å². The zero-order valence-electron chi connectivity index (χ0n) is 13.3. The van der Waals surface area contributed by atoms with Crippen LogP contribution in [-0.4, -0.2) is 38.8 Å². The molecule has 5 nitrogen and oxygen atoms in total. The molecule has 0 radical (unpaired) electrons. The van der Waals surface area contributed by atoms with Crippen molar-refractivity contribution in [1.29, 1.82) is 0 Å². The van der Waals surface area contributed by atoms with E-state index < -0.39 is 5.60 Å². The van der Waals surface area contributed by atoms with Crippen molar-refractivity contribution in [2.45, 2.75) is 71.3 Å². The number of rotatable bonds is 4. The van der Waals surface area contributed by atoms with Crippen molar-refractivity contribution in [3.05, 3.63) is 12.4 Å². The fourth-order valence-electron chi connectivity index (χ4n) is 1.99. The summed E-state index contributed by atoms with van der Waals surface area (Å²) in [4.78, 5) is 0. The summed E-state index contributed by atoms with van der Waals surface area (Å²) in [6.07, 6.45) is 4.35. The molecular formula is C14H25BN2O3. The van der Waals surface area contributed by atoms with Crippen molar-refractivity contribution >= 4 is 12.6 Å². The van der Waals surface area contributed by atoms with E-state index in [0.29, 0.717) is 13.0 Å². The van der Waals surface area contributed by atoms with Crippen LogP contribution in [0, 0.1) is 0 Å². The van der Waals surface area contributed by atoms with E-state index in [1.165, 1.54) is 0 Å². The number of aliphatic hydroxyl groups is 1. The first-order valence-electron chi connectivity index (χ1n) is 7.11. The topological polar surface area (TPSA) is 56.5 Å². The quantitative estimate of drug-likeness (QED) is 0.846. The van der Waals surface area contributed by atoms with Gasteiger partial charge in [-0.2, -0.15) is 5.10 Å². The molecule has 1 saturated heterocycles. The smallest absolute Gasteiger partial charge is 0.399 e. The van der Waals surface area contributed by atoms with Gasteiger partial charge in [-0.15, -0.1) is 0 Å². The predicted octanol–water partition coefficient (Wildman–Crippen LogP) is 1.34. The van der Waals surface area contributed by atoms with Gasteiger partial charge in [-0.1, -0.05) is 0 Å². The van der Waals surface area contributed by atoms with Crippen LogP contribution in [0.2, 0.25) is 0 Å². The Morgan fingerprint density at radius 3 is 2.30 bits per heavy atom. The van der Waals surface area contributed by atoms with Crippen LogP contribution in [0.25, 0.3) is 0 Å². The summed E-state index contributed by atoms with van der Waals surface area (Å²) in [5.41, 5.74) is -0.449. The lowest BCUT2D eigenvalue weighted by atomic mass is 9.82. The van der Waals surface area contributed by atoms with Gasteiger partial charge >= 0.3 is 7.12 Å². The second-order valence-corrected chi connectivity index (χ2v) is 7.19. The third-order valence-electron chi connectivity index (χ3n) is 4.13. The zero-order chi connectivity index (χ0) is 15.2. The molecule has 20 heavy (non-hydrogen) atoms. The van der Waals surface area contributed by atoms with Crippen molar-refractivity contribution in [2.24, 2.45) is 0 Å². The molecule has 1 aromatic rings. The number of nitrogens with zero attached hydrogens (tertiary/aromatic N) is 2. The lowest BCUT2D eigenvalue weighted by Crippen LogP contribution is -2.41. The normalized spacial score (nSPS) is 21.4. The largest absolute Gasteiger partial charge is 0.498 e. The second kappa shape index (κ2) is 4.86. The summed E-state index contributed by atoms with van der Waals surface area (Å²) in [5, 5.41) is 14.0. The van der Waals surface area contributed by atoms with Crippen molar-refractivity contribution in [3.8, 4) is 0 Å². The number of aromatic nitrogens is 2. The molecule has 0 aliphatic carbocycles. The lowest BCUT2D eigenvalue weighted by molar-refractivity contribution is 0.00578. The van der Waals surface area contributed by atoms with Gasteiger partial charge in [0.25, 0.3) is 0 Å². The molecule has 1 fully saturated rings. The first-order valence-corrected chi connectivity index (χ1v) is 7.11. The van der Waals surface area contributed by atoms with Crippen molar-refractivity contribution in [2.75, 3.05) is 0 Å². The summed E-state index contributed by atoms with van der Waals surface area (Å²) < 4.78 is 13.8. The number of hydrogen-bond acceptors (Lipinski definition) is 4. The molecule has 2 heterocycles. The molecule has 1 aliphatic rings. The first kappa shape index (κ1) is 15.5. The Labute approximate surface area is 121 Å². The fourth-order valence-corrected chi connectivity index (χ4v) is 1.99. The maximum absolute atomic E-state index is 9.74. The van der Waals surface area contributed by atoms with Crippen LogP contribution in [0.3, 0.4) is 0 Å². The second-order valence-electron chi connectivity index (χ2n) is 7.19. The van der Waals surface area contributed by atoms with E-state index in [9.17, 15) is 5.11 Å². The maximum Gasteiger partial charge on any atom is 0.498 e. The molecule has 0 aromatic carbocycles. The third-order valence-corrected chi connectivity index (χ3v) is 4.13. The maximum atomic E-state index is 9.74. The van der Waals surface area contributed by atoms with Crippen LogP contribution in [-0.2, 0) is 15.9 Å². The molecule has 112 valence electrons. The van der Waals surface area contributed by atoms with Crippen LogP contribution < -0.4 is 5.46 Å². The summed E-state index contributed by atoms with van der Waals surface area (Å²) in [6.45, 7) is 12.4. The Hall–Kier alpha value is -0.845. The van der Waals surface area contributed by atoms with E-state index in [0.717, 1.165) is 5.46 Å². The van der Waals surface area contributed by atoms with E-state index in [-0.39, 0.29) is 18.3 Å². The molecule has 1 N–H and O–H groups in total. The molecule has 1 aromatic heterocycles. The highest BCUT2D eigenvalue weighted by Crippen LogP contribution is 2.36. The van der Waals surface area contributed by atoms with E-state index >= 15 is 0 Å².